The minimum absolute atomic E-state index is 0.211. The van der Waals surface area contributed by atoms with Gasteiger partial charge in [-0.05, 0) is 43.9 Å². The van der Waals surface area contributed by atoms with Crippen LogP contribution < -0.4 is 0 Å². The van der Waals surface area contributed by atoms with Crippen molar-refractivity contribution in [3.05, 3.63) is 0 Å². The van der Waals surface area contributed by atoms with Gasteiger partial charge in [-0.3, -0.25) is 4.79 Å². The first kappa shape index (κ1) is 20.2. The van der Waals surface area contributed by atoms with Crippen LogP contribution in [0, 0.1) is 11.8 Å². The van der Waals surface area contributed by atoms with Crippen molar-refractivity contribution in [3.8, 4) is 0 Å². The van der Waals surface area contributed by atoms with Crippen molar-refractivity contribution in [2.75, 3.05) is 6.61 Å². The first-order chi connectivity index (χ1) is 12.3. The largest absolute Gasteiger partial charge is 0.390 e. The van der Waals surface area contributed by atoms with E-state index in [9.17, 15) is 25.2 Å². The van der Waals surface area contributed by atoms with Crippen molar-refractivity contribution in [1.82, 2.24) is 0 Å². The summed E-state index contributed by atoms with van der Waals surface area (Å²) in [5.41, 5.74) is -2.16. The van der Waals surface area contributed by atoms with Crippen LogP contribution in [0.5, 0.6) is 0 Å². The molecule has 3 saturated carbocycles. The summed E-state index contributed by atoms with van der Waals surface area (Å²) in [5, 5.41) is 39.9. The van der Waals surface area contributed by atoms with Gasteiger partial charge >= 0.3 is 0 Å². The van der Waals surface area contributed by atoms with E-state index in [0.717, 1.165) is 31.6 Å². The van der Waals surface area contributed by atoms with Crippen molar-refractivity contribution < 1.29 is 30.0 Å². The number of aliphatic hydroxyl groups is 4. The Hall–Kier alpha value is -0.530. The van der Waals surface area contributed by atoms with Gasteiger partial charge in [-0.15, -0.1) is 0 Å². The highest BCUT2D eigenvalue weighted by atomic mass is 16.5. The van der Waals surface area contributed by atoms with E-state index in [0.29, 0.717) is 5.92 Å². The SMILES string of the molecule is CC[C@]1(OCC(=O)C2(O)CC(O)C(O)C(O)C2)CC[C@@H]2CCC[C@@H](C2)C1. The molecular weight excluding hydrogens is 336 g/mol. The molecule has 3 fully saturated rings. The fourth-order valence-electron chi connectivity index (χ4n) is 5.35. The van der Waals surface area contributed by atoms with Crippen molar-refractivity contribution in [2.24, 2.45) is 11.8 Å². The Morgan fingerprint density at radius 2 is 1.69 bits per heavy atom. The molecule has 150 valence electrons. The molecule has 0 amide bonds. The zero-order valence-electron chi connectivity index (χ0n) is 15.8. The molecule has 2 unspecified atom stereocenters. The lowest BCUT2D eigenvalue weighted by Crippen LogP contribution is -2.57. The predicted octanol–water partition coefficient (Wildman–Crippen LogP) is 1.32. The van der Waals surface area contributed by atoms with Crippen LogP contribution >= 0.6 is 0 Å². The number of carbonyl (C=O) groups is 1. The summed E-state index contributed by atoms with van der Waals surface area (Å²) in [4.78, 5) is 12.7. The molecule has 3 rings (SSSR count). The third kappa shape index (κ3) is 4.14. The maximum Gasteiger partial charge on any atom is 0.190 e. The van der Waals surface area contributed by atoms with Gasteiger partial charge in [-0.25, -0.2) is 0 Å². The lowest BCUT2D eigenvalue weighted by molar-refractivity contribution is -0.179. The third-order valence-corrected chi connectivity index (χ3v) is 7.12. The highest BCUT2D eigenvalue weighted by Gasteiger charge is 2.48. The minimum Gasteiger partial charge on any atom is -0.390 e. The summed E-state index contributed by atoms with van der Waals surface area (Å²) in [5.74, 6) is 0.918. The number of fused-ring (bicyclic) bond motifs is 2. The Balaban J connectivity index is 1.63. The van der Waals surface area contributed by atoms with Gasteiger partial charge in [0.05, 0.1) is 17.8 Å². The Morgan fingerprint density at radius 1 is 1.04 bits per heavy atom. The molecule has 0 saturated heterocycles. The van der Waals surface area contributed by atoms with Gasteiger partial charge in [0, 0.05) is 12.8 Å². The molecule has 0 aliphatic heterocycles. The molecule has 0 aromatic rings. The first-order valence-electron chi connectivity index (χ1n) is 10.2. The lowest BCUT2D eigenvalue weighted by atomic mass is 9.77. The van der Waals surface area contributed by atoms with E-state index < -0.39 is 29.7 Å². The Kier molecular flexibility index (Phi) is 6.09. The van der Waals surface area contributed by atoms with Gasteiger partial charge < -0.3 is 25.2 Å². The van der Waals surface area contributed by atoms with E-state index >= 15 is 0 Å². The van der Waals surface area contributed by atoms with E-state index in [2.05, 4.69) is 6.92 Å². The second kappa shape index (κ2) is 7.84. The summed E-state index contributed by atoms with van der Waals surface area (Å²) in [6.45, 7) is 1.89. The molecule has 0 aromatic heterocycles. The first-order valence-corrected chi connectivity index (χ1v) is 10.2. The summed E-state index contributed by atoms with van der Waals surface area (Å²) in [6.07, 6.45) is 4.47. The smallest absolute Gasteiger partial charge is 0.190 e. The Bertz CT molecular complexity index is 497. The van der Waals surface area contributed by atoms with E-state index in [1.165, 1.54) is 25.7 Å². The van der Waals surface area contributed by atoms with Gasteiger partial charge in [0.1, 0.15) is 18.3 Å². The normalized spacial score (nSPS) is 46.6. The van der Waals surface area contributed by atoms with Crippen LogP contribution in [0.4, 0.5) is 0 Å². The van der Waals surface area contributed by atoms with Crippen LogP contribution in [0.15, 0.2) is 0 Å². The lowest BCUT2D eigenvalue weighted by Gasteiger charge is -2.40. The van der Waals surface area contributed by atoms with Crippen molar-refractivity contribution >= 4 is 5.78 Å². The molecule has 3 aliphatic carbocycles. The average molecular weight is 370 g/mol. The molecule has 5 atom stereocenters. The summed E-state index contributed by atoms with van der Waals surface area (Å²) >= 11 is 0. The van der Waals surface area contributed by atoms with Crippen LogP contribution in [0.2, 0.25) is 0 Å². The maximum atomic E-state index is 12.7. The van der Waals surface area contributed by atoms with Gasteiger partial charge in [0.2, 0.25) is 0 Å². The zero-order chi connectivity index (χ0) is 18.9. The van der Waals surface area contributed by atoms with Gasteiger partial charge in [-0.2, -0.15) is 0 Å². The van der Waals surface area contributed by atoms with Crippen LogP contribution in [0.1, 0.15) is 71.1 Å². The maximum absolute atomic E-state index is 12.7. The molecule has 4 N–H and O–H groups in total. The van der Waals surface area contributed by atoms with Crippen molar-refractivity contribution in [1.29, 1.82) is 0 Å². The number of hydrogen-bond acceptors (Lipinski definition) is 6. The molecule has 0 spiro atoms. The number of aliphatic hydroxyl groups excluding tert-OH is 3. The highest BCUT2D eigenvalue weighted by Crippen LogP contribution is 2.45. The van der Waals surface area contributed by atoms with E-state index in [1.807, 2.05) is 0 Å². The second-order valence-electron chi connectivity index (χ2n) is 8.95. The molecule has 3 aliphatic rings. The summed E-state index contributed by atoms with van der Waals surface area (Å²) in [6, 6.07) is 0. The molecule has 26 heavy (non-hydrogen) atoms. The van der Waals surface area contributed by atoms with Crippen molar-refractivity contribution in [3.63, 3.8) is 0 Å². The molecule has 2 bridgehead atoms. The minimum atomic E-state index is -1.84. The zero-order valence-corrected chi connectivity index (χ0v) is 15.8. The molecule has 0 aromatic carbocycles. The molecular formula is C20H34O6. The topological polar surface area (TPSA) is 107 Å². The number of rotatable bonds is 5. The average Bonchev–Trinajstić information content (AvgIpc) is 2.73. The van der Waals surface area contributed by atoms with E-state index in [1.54, 1.807) is 0 Å². The van der Waals surface area contributed by atoms with Gasteiger partial charge in [0.25, 0.3) is 0 Å². The number of Topliss-reactive ketones (excluding diaryl/α,β-unsaturated/α-hetero) is 1. The van der Waals surface area contributed by atoms with E-state index in [-0.39, 0.29) is 25.0 Å². The number of ether oxygens (including phenoxy) is 1. The Labute approximate surface area is 155 Å². The molecule has 0 heterocycles. The van der Waals surface area contributed by atoms with Crippen molar-refractivity contribution in [2.45, 2.75) is 101 Å². The van der Waals surface area contributed by atoms with Gasteiger partial charge in [0.15, 0.2) is 5.78 Å². The highest BCUT2D eigenvalue weighted by molar-refractivity contribution is 5.88. The second-order valence-corrected chi connectivity index (χ2v) is 8.95. The van der Waals surface area contributed by atoms with Crippen LogP contribution in [-0.2, 0) is 9.53 Å². The number of ketones is 1. The fraction of sp³-hybridized carbons (Fsp3) is 0.950. The van der Waals surface area contributed by atoms with Gasteiger partial charge in [-0.1, -0.05) is 26.2 Å². The number of carbonyl (C=O) groups excluding carboxylic acids is 1. The quantitative estimate of drug-likeness (QED) is 0.581. The molecule has 0 radical (unpaired) electrons. The molecule has 6 heteroatoms. The predicted molar refractivity (Wildman–Crippen MR) is 95.5 cm³/mol. The fourth-order valence-corrected chi connectivity index (χ4v) is 5.35. The van der Waals surface area contributed by atoms with Crippen LogP contribution in [0.25, 0.3) is 0 Å². The summed E-state index contributed by atoms with van der Waals surface area (Å²) < 4.78 is 6.15. The standard InChI is InChI=1S/C20H34O6/c1-2-19(7-6-13-4-3-5-14(8-13)9-19)26-12-17(23)20(25)10-15(21)18(24)16(22)11-20/h13-16,18,21-22,24-25H,2-12H2,1H3/t13-,14-,15?,16?,18?,19-,20?/m0/s1. The molecule has 6 nitrogen and oxygen atoms in total. The van der Waals surface area contributed by atoms with Crippen LogP contribution in [0.3, 0.4) is 0 Å². The third-order valence-electron chi connectivity index (χ3n) is 7.12. The van der Waals surface area contributed by atoms with E-state index in [4.69, 9.17) is 4.74 Å². The number of hydrogen-bond donors (Lipinski definition) is 4. The Morgan fingerprint density at radius 3 is 2.35 bits per heavy atom. The van der Waals surface area contributed by atoms with Crippen LogP contribution in [-0.4, -0.2) is 62.3 Å². The summed E-state index contributed by atoms with van der Waals surface area (Å²) in [7, 11) is 0. The monoisotopic (exact) mass is 370 g/mol.